The Hall–Kier alpha value is -10.7. The minimum Gasteiger partial charge on any atom is -0.437 e. The van der Waals surface area contributed by atoms with Crippen LogP contribution < -0.4 is 18.3 Å². The van der Waals surface area contributed by atoms with Gasteiger partial charge < -0.3 is 17.7 Å². The zero-order valence-corrected chi connectivity index (χ0v) is 69.6. The SMILES string of the molecule is CCc1ccc2c(n1)oc1c(-c3cc(C4CCCC4)cc[n+]3C)c(C)ccc12.Cc1ccc2c(n1)oc1c(-c3cc(C4CCCC4)cc[n+]3C)c(C)ccc12.Cc1ccc2c(oc3nc(C(C)C)ccc32)c1-c1cc(C2CCCC2)cc[n+]1C.Cc1ccc2c(oc3nc(CC(C)C)ccc32)c1-c1cc(C2CCCC2)cc[n+]1C. The van der Waals surface area contributed by atoms with Gasteiger partial charge >= 0.3 is 0 Å². The van der Waals surface area contributed by atoms with Crippen LogP contribution in [0.1, 0.15) is 234 Å². The van der Waals surface area contributed by atoms with Crippen molar-refractivity contribution in [3.05, 3.63) is 238 Å². The Labute approximate surface area is 671 Å². The standard InChI is InChI=1S/C27H31N2O.C26H29N2O.C25H27N2O.C24H25N2O/c1-17(2)15-21-10-12-23-22-11-9-18(3)25(26(22)30-27(23)28-21)24-16-20(13-14-29(24)4)19-7-5-6-8-19;1-16(2)22-12-11-21-20-10-9-17(3)24(25(20)29-26(21)27-22)23-15-19(13-14-28(23)4)18-7-5-6-8-18;1-4-19-10-12-21-20-11-9-16(2)23(24(20)28-25(21)26-19)22-15-18(13-14-27(22)3)17-7-5-6-8-17;1-15-8-10-19-20-11-9-16(2)25-24(20)27-23(19)22(15)21-14-18(12-13-26(21)3)17-6-4-5-7-17/h9-14,16-17,19H,5-8,15H2,1-4H3;9-16,18H,5-8H2,1-4H3;9-15,17H,4-8H2,1-3H3;8-14,17H,4-7H2,1-3H3/q4*+1. The molecule has 4 aliphatic rings. The van der Waals surface area contributed by atoms with E-state index in [0.29, 0.717) is 35.5 Å². The number of nitrogens with zero attached hydrogens (tertiary/aromatic N) is 8. The first kappa shape index (κ1) is 75.9. The van der Waals surface area contributed by atoms with Crippen molar-refractivity contribution in [1.82, 2.24) is 19.9 Å². The molecule has 4 aliphatic carbocycles. The van der Waals surface area contributed by atoms with Gasteiger partial charge in [0.25, 0.3) is 0 Å². The number of aromatic nitrogens is 8. The molecule has 0 N–H and O–H groups in total. The Morgan fingerprint density at radius 3 is 0.921 bits per heavy atom. The average Bonchev–Trinajstić information content (AvgIpc) is 1.59. The zero-order valence-electron chi connectivity index (χ0n) is 69.6. The normalized spacial score (nSPS) is 15.2. The molecule has 114 heavy (non-hydrogen) atoms. The number of hydrogen-bond acceptors (Lipinski definition) is 8. The molecule has 12 nitrogen and oxygen atoms in total. The lowest BCUT2D eigenvalue weighted by Gasteiger charge is -2.11. The average molecular weight is 1510 g/mol. The largest absolute Gasteiger partial charge is 0.437 e. The van der Waals surface area contributed by atoms with E-state index in [4.69, 9.17) is 32.6 Å². The molecule has 0 spiro atoms. The van der Waals surface area contributed by atoms with Gasteiger partial charge in [-0.1, -0.05) is 135 Å². The van der Waals surface area contributed by atoms with Crippen molar-refractivity contribution in [3.63, 3.8) is 0 Å². The minimum atomic E-state index is 0.384. The van der Waals surface area contributed by atoms with Gasteiger partial charge in [-0.25, -0.2) is 38.2 Å². The summed E-state index contributed by atoms with van der Waals surface area (Å²) in [6.07, 6.45) is 32.0. The predicted octanol–water partition coefficient (Wildman–Crippen LogP) is 24.9. The van der Waals surface area contributed by atoms with Crippen molar-refractivity contribution in [3.8, 4) is 45.0 Å². The summed E-state index contributed by atoms with van der Waals surface area (Å²) in [4.78, 5) is 19.0. The van der Waals surface area contributed by atoms with Gasteiger partial charge in [-0.3, -0.25) is 0 Å². The highest BCUT2D eigenvalue weighted by atomic mass is 16.4. The highest BCUT2D eigenvalue weighted by Crippen LogP contribution is 2.46. The van der Waals surface area contributed by atoms with Crippen molar-refractivity contribution in [2.75, 3.05) is 0 Å². The van der Waals surface area contributed by atoms with Crippen LogP contribution in [0.25, 0.3) is 133 Å². The number of aryl methyl sites for hydroxylation is 10. The van der Waals surface area contributed by atoms with Gasteiger partial charge in [-0.15, -0.1) is 0 Å². The molecule has 0 saturated heterocycles. The van der Waals surface area contributed by atoms with E-state index in [1.54, 1.807) is 0 Å². The predicted molar refractivity (Wildman–Crippen MR) is 463 cm³/mol. The van der Waals surface area contributed by atoms with Crippen LogP contribution in [0.4, 0.5) is 0 Å². The lowest BCUT2D eigenvalue weighted by molar-refractivity contribution is -0.660. The van der Waals surface area contributed by atoms with E-state index >= 15 is 0 Å². The molecular weight excluding hydrogens is 1400 g/mol. The molecule has 0 aliphatic heterocycles. The van der Waals surface area contributed by atoms with E-state index in [-0.39, 0.29) is 0 Å². The van der Waals surface area contributed by atoms with Crippen LogP contribution in [0, 0.1) is 40.5 Å². The molecule has 0 radical (unpaired) electrons. The fourth-order valence-electron chi connectivity index (χ4n) is 19.2. The number of hydrogen-bond donors (Lipinski definition) is 0. The second-order valence-electron chi connectivity index (χ2n) is 34.5. The Balaban J connectivity index is 0.000000110. The van der Waals surface area contributed by atoms with E-state index < -0.39 is 0 Å². The molecule has 12 aromatic heterocycles. The molecule has 0 bridgehead atoms. The molecule has 12 heteroatoms. The summed E-state index contributed by atoms with van der Waals surface area (Å²) in [7, 11) is 8.51. The third-order valence-electron chi connectivity index (χ3n) is 25.7. The van der Waals surface area contributed by atoms with Crippen LogP contribution in [-0.4, -0.2) is 19.9 Å². The van der Waals surface area contributed by atoms with Crippen molar-refractivity contribution >= 4 is 88.3 Å². The first-order chi connectivity index (χ1) is 55.3. The van der Waals surface area contributed by atoms with Crippen LogP contribution in [0.2, 0.25) is 0 Å². The molecule has 580 valence electrons. The number of fused-ring (bicyclic) bond motifs is 12. The molecule has 4 saturated carbocycles. The maximum Gasteiger partial charge on any atom is 0.227 e. The number of furan rings is 4. The van der Waals surface area contributed by atoms with Crippen molar-refractivity contribution in [2.45, 2.75) is 214 Å². The third-order valence-corrected chi connectivity index (χ3v) is 25.7. The number of benzene rings is 4. The Kier molecular flexibility index (Phi) is 21.3. The van der Waals surface area contributed by atoms with Gasteiger partial charge in [0.2, 0.25) is 45.6 Å². The minimum absolute atomic E-state index is 0.384. The first-order valence-electron chi connectivity index (χ1n) is 42.6. The zero-order chi connectivity index (χ0) is 78.7. The summed E-state index contributed by atoms with van der Waals surface area (Å²) in [6.45, 7) is 21.6. The fraction of sp³-hybridized carbons (Fsp3) is 0.373. The number of pyridine rings is 8. The number of rotatable bonds is 12. The lowest BCUT2D eigenvalue weighted by atomic mass is 9.94. The monoisotopic (exact) mass is 1510 g/mol. The maximum atomic E-state index is 6.44. The summed E-state index contributed by atoms with van der Waals surface area (Å²) in [5.74, 6) is 3.75. The fourth-order valence-corrected chi connectivity index (χ4v) is 19.2. The van der Waals surface area contributed by atoms with Crippen LogP contribution in [0.3, 0.4) is 0 Å². The first-order valence-corrected chi connectivity index (χ1v) is 42.6. The Morgan fingerprint density at radius 1 is 0.325 bits per heavy atom. The van der Waals surface area contributed by atoms with Gasteiger partial charge in [0, 0.05) is 114 Å². The van der Waals surface area contributed by atoms with Crippen LogP contribution in [-0.2, 0) is 41.0 Å². The van der Waals surface area contributed by atoms with Crippen LogP contribution >= 0.6 is 0 Å². The molecule has 4 aromatic carbocycles. The molecule has 0 unspecified atom stereocenters. The molecule has 0 amide bonds. The molecule has 12 heterocycles. The molecule has 16 aromatic rings. The van der Waals surface area contributed by atoms with E-state index in [0.717, 1.165) is 124 Å². The van der Waals surface area contributed by atoms with Crippen LogP contribution in [0.15, 0.2) is 188 Å². The van der Waals surface area contributed by atoms with E-state index in [1.807, 2.05) is 6.92 Å². The van der Waals surface area contributed by atoms with Gasteiger partial charge in [-0.05, 0) is 227 Å². The molecule has 0 atom stereocenters. The lowest BCUT2D eigenvalue weighted by Crippen LogP contribution is -2.31. The van der Waals surface area contributed by atoms with Gasteiger partial charge in [0.1, 0.15) is 28.2 Å². The van der Waals surface area contributed by atoms with Gasteiger partial charge in [0.15, 0.2) is 47.1 Å². The molecular formula is C102H112N8O4+4. The van der Waals surface area contributed by atoms with Gasteiger partial charge in [0.05, 0.1) is 22.3 Å². The Morgan fingerprint density at radius 2 is 0.605 bits per heavy atom. The van der Waals surface area contributed by atoms with E-state index in [1.165, 1.54) is 192 Å². The highest BCUT2D eigenvalue weighted by Gasteiger charge is 2.31. The van der Waals surface area contributed by atoms with Crippen molar-refractivity contribution < 1.29 is 35.9 Å². The topological polar surface area (TPSA) is 120 Å². The summed E-state index contributed by atoms with van der Waals surface area (Å²) in [5.41, 5.74) is 31.4. The van der Waals surface area contributed by atoms with Crippen molar-refractivity contribution in [2.24, 2.45) is 34.1 Å². The quantitative estimate of drug-likeness (QED) is 0.111. The van der Waals surface area contributed by atoms with Crippen molar-refractivity contribution in [1.29, 1.82) is 0 Å². The summed E-state index contributed by atoms with van der Waals surface area (Å²) >= 11 is 0. The molecule has 20 rings (SSSR count). The third kappa shape index (κ3) is 14.7. The molecule has 4 fully saturated rings. The smallest absolute Gasteiger partial charge is 0.227 e. The summed E-state index contributed by atoms with van der Waals surface area (Å²) in [5, 5.41) is 8.99. The Bertz CT molecular complexity index is 6320. The van der Waals surface area contributed by atoms with Gasteiger partial charge in [-0.2, -0.15) is 0 Å². The second kappa shape index (κ2) is 31.9. The summed E-state index contributed by atoms with van der Waals surface area (Å²) < 4.78 is 34.4. The summed E-state index contributed by atoms with van der Waals surface area (Å²) in [6, 6.07) is 53.3. The van der Waals surface area contributed by atoms with E-state index in [2.05, 4.69) is 284 Å². The van der Waals surface area contributed by atoms with Crippen LogP contribution in [0.5, 0.6) is 0 Å². The second-order valence-corrected chi connectivity index (χ2v) is 34.5. The maximum absolute atomic E-state index is 6.44. The van der Waals surface area contributed by atoms with E-state index in [9.17, 15) is 0 Å². The highest BCUT2D eigenvalue weighted by molar-refractivity contribution is 6.12.